The molecule has 0 unspecified atom stereocenters. The molecular weight excluding hydrogens is 235 g/mol. The summed E-state index contributed by atoms with van der Waals surface area (Å²) in [4.78, 5) is 0. The minimum Gasteiger partial charge on any atom is -0.474 e. The van der Waals surface area contributed by atoms with Gasteiger partial charge in [-0.2, -0.15) is 0 Å². The average molecular weight is 247 g/mol. The van der Waals surface area contributed by atoms with Crippen LogP contribution in [-0.4, -0.2) is 18.3 Å². The molecule has 6 heteroatoms. The first-order valence-corrected chi connectivity index (χ1v) is 4.61. The van der Waals surface area contributed by atoms with Crippen molar-refractivity contribution in [2.45, 2.75) is 6.92 Å². The Bertz CT molecular complexity index is 487. The van der Waals surface area contributed by atoms with Crippen molar-refractivity contribution in [2.24, 2.45) is 5.73 Å². The van der Waals surface area contributed by atoms with Crippen LogP contribution in [-0.2, 0) is 0 Å². The van der Waals surface area contributed by atoms with Gasteiger partial charge in [-0.05, 0) is 23.7 Å². The number of benzene rings is 1. The SMILES string of the molecule is Cc1ccc(F)c2c(OCCN)noc12.Cl. The summed E-state index contributed by atoms with van der Waals surface area (Å²) in [6, 6.07) is 3.00. The van der Waals surface area contributed by atoms with Crippen LogP contribution in [0.1, 0.15) is 5.56 Å². The van der Waals surface area contributed by atoms with E-state index < -0.39 is 5.82 Å². The number of aryl methyl sites for hydroxylation is 1. The Morgan fingerprint density at radius 1 is 1.50 bits per heavy atom. The molecule has 0 saturated carbocycles. The zero-order valence-corrected chi connectivity index (χ0v) is 9.51. The molecular formula is C10H12ClFN2O2. The molecule has 0 aliphatic rings. The van der Waals surface area contributed by atoms with Crippen molar-refractivity contribution in [2.75, 3.05) is 13.2 Å². The van der Waals surface area contributed by atoms with E-state index in [1.165, 1.54) is 6.07 Å². The van der Waals surface area contributed by atoms with Gasteiger partial charge in [-0.1, -0.05) is 6.07 Å². The monoisotopic (exact) mass is 246 g/mol. The van der Waals surface area contributed by atoms with Crippen LogP contribution in [0, 0.1) is 12.7 Å². The molecule has 0 atom stereocenters. The second kappa shape index (κ2) is 5.14. The molecule has 0 amide bonds. The summed E-state index contributed by atoms with van der Waals surface area (Å²) in [6.45, 7) is 2.45. The van der Waals surface area contributed by atoms with Gasteiger partial charge in [0, 0.05) is 6.54 Å². The number of hydrogen-bond donors (Lipinski definition) is 1. The standard InChI is InChI=1S/C10H11FN2O2.ClH/c1-6-2-3-7(11)8-9(6)15-13-10(8)14-5-4-12;/h2-3H,4-5,12H2,1H3;1H. The molecule has 1 aromatic carbocycles. The molecule has 0 fully saturated rings. The van der Waals surface area contributed by atoms with Gasteiger partial charge >= 0.3 is 0 Å². The summed E-state index contributed by atoms with van der Waals surface area (Å²) < 4.78 is 23.7. The third kappa shape index (κ3) is 2.10. The van der Waals surface area contributed by atoms with Gasteiger partial charge in [0.2, 0.25) is 0 Å². The van der Waals surface area contributed by atoms with Crippen LogP contribution in [0.3, 0.4) is 0 Å². The lowest BCUT2D eigenvalue weighted by atomic mass is 10.2. The van der Waals surface area contributed by atoms with Gasteiger partial charge in [0.05, 0.1) is 0 Å². The number of rotatable bonds is 3. The first-order valence-electron chi connectivity index (χ1n) is 4.61. The second-order valence-corrected chi connectivity index (χ2v) is 3.19. The number of hydrogen-bond acceptors (Lipinski definition) is 4. The number of nitrogens with two attached hydrogens (primary N) is 1. The Hall–Kier alpha value is -1.33. The van der Waals surface area contributed by atoms with Gasteiger partial charge in [-0.3, -0.25) is 0 Å². The lowest BCUT2D eigenvalue weighted by Gasteiger charge is -1.99. The smallest absolute Gasteiger partial charge is 0.265 e. The van der Waals surface area contributed by atoms with E-state index in [-0.39, 0.29) is 30.3 Å². The van der Waals surface area contributed by atoms with Gasteiger partial charge in [0.1, 0.15) is 17.8 Å². The molecule has 2 N–H and O–H groups in total. The Kier molecular flexibility index (Phi) is 4.09. The van der Waals surface area contributed by atoms with Crippen molar-refractivity contribution < 1.29 is 13.7 Å². The highest BCUT2D eigenvalue weighted by Gasteiger charge is 2.15. The summed E-state index contributed by atoms with van der Waals surface area (Å²) in [5.41, 5.74) is 6.52. The molecule has 0 saturated heterocycles. The fraction of sp³-hybridized carbons (Fsp3) is 0.300. The van der Waals surface area contributed by atoms with Crippen molar-refractivity contribution >= 4 is 23.4 Å². The largest absolute Gasteiger partial charge is 0.474 e. The second-order valence-electron chi connectivity index (χ2n) is 3.19. The third-order valence-electron chi connectivity index (χ3n) is 2.09. The van der Waals surface area contributed by atoms with Gasteiger partial charge < -0.3 is 15.0 Å². The summed E-state index contributed by atoms with van der Waals surface area (Å²) in [5, 5.41) is 3.94. The molecule has 2 aromatic rings. The van der Waals surface area contributed by atoms with E-state index in [2.05, 4.69) is 5.16 Å². The number of halogens is 2. The fourth-order valence-electron chi connectivity index (χ4n) is 1.37. The zero-order valence-electron chi connectivity index (χ0n) is 8.70. The maximum atomic E-state index is 13.5. The van der Waals surface area contributed by atoms with Crippen LogP contribution < -0.4 is 10.5 Å². The molecule has 16 heavy (non-hydrogen) atoms. The van der Waals surface area contributed by atoms with E-state index in [1.54, 1.807) is 6.07 Å². The Balaban J connectivity index is 0.00000128. The highest BCUT2D eigenvalue weighted by Crippen LogP contribution is 2.29. The van der Waals surface area contributed by atoms with Crippen LogP contribution in [0.2, 0.25) is 0 Å². The Morgan fingerprint density at radius 3 is 2.94 bits per heavy atom. The van der Waals surface area contributed by atoms with E-state index in [0.717, 1.165) is 5.56 Å². The molecule has 0 aliphatic carbocycles. The maximum Gasteiger partial charge on any atom is 0.265 e. The van der Waals surface area contributed by atoms with Gasteiger partial charge in [0.25, 0.3) is 5.88 Å². The van der Waals surface area contributed by atoms with Crippen molar-refractivity contribution in [3.05, 3.63) is 23.5 Å². The summed E-state index contributed by atoms with van der Waals surface area (Å²) in [6.07, 6.45) is 0. The topological polar surface area (TPSA) is 61.3 Å². The lowest BCUT2D eigenvalue weighted by molar-refractivity contribution is 0.292. The normalized spacial score (nSPS) is 10.2. The van der Waals surface area contributed by atoms with Crippen molar-refractivity contribution in [3.8, 4) is 5.88 Å². The Labute approximate surface area is 97.9 Å². The molecule has 0 aliphatic heterocycles. The maximum absolute atomic E-state index is 13.5. The molecule has 1 heterocycles. The quantitative estimate of drug-likeness (QED) is 0.900. The summed E-state index contributed by atoms with van der Waals surface area (Å²) >= 11 is 0. The van der Waals surface area contributed by atoms with E-state index in [9.17, 15) is 4.39 Å². The fourth-order valence-corrected chi connectivity index (χ4v) is 1.37. The van der Waals surface area contributed by atoms with E-state index in [1.807, 2.05) is 6.92 Å². The molecule has 0 spiro atoms. The minimum absolute atomic E-state index is 0. The van der Waals surface area contributed by atoms with Crippen molar-refractivity contribution in [1.82, 2.24) is 5.16 Å². The molecule has 1 aromatic heterocycles. The van der Waals surface area contributed by atoms with Crippen LogP contribution in [0.25, 0.3) is 11.0 Å². The van der Waals surface area contributed by atoms with Crippen molar-refractivity contribution in [1.29, 1.82) is 0 Å². The third-order valence-corrected chi connectivity index (χ3v) is 2.09. The highest BCUT2D eigenvalue weighted by atomic mass is 35.5. The van der Waals surface area contributed by atoms with Gasteiger partial charge in [0.15, 0.2) is 5.58 Å². The predicted octanol–water partition coefficient (Wildman–Crippen LogP) is 2.03. The van der Waals surface area contributed by atoms with Crippen LogP contribution in [0.15, 0.2) is 16.7 Å². The van der Waals surface area contributed by atoms with E-state index in [4.69, 9.17) is 15.0 Å². The predicted molar refractivity (Wildman–Crippen MR) is 60.5 cm³/mol. The van der Waals surface area contributed by atoms with Crippen molar-refractivity contribution in [3.63, 3.8) is 0 Å². The highest BCUT2D eigenvalue weighted by molar-refractivity contribution is 5.85. The van der Waals surface area contributed by atoms with Crippen LogP contribution in [0.5, 0.6) is 5.88 Å². The molecule has 4 nitrogen and oxygen atoms in total. The average Bonchev–Trinajstić information content (AvgIpc) is 2.65. The molecule has 0 radical (unpaired) electrons. The first-order chi connectivity index (χ1) is 7.24. The molecule has 88 valence electrons. The minimum atomic E-state index is -0.399. The molecule has 2 rings (SSSR count). The number of fused-ring (bicyclic) bond motifs is 1. The van der Waals surface area contributed by atoms with Crippen LogP contribution >= 0.6 is 12.4 Å². The lowest BCUT2D eigenvalue weighted by Crippen LogP contribution is -2.10. The summed E-state index contributed by atoms with van der Waals surface area (Å²) in [5.74, 6) is -0.236. The number of nitrogens with zero attached hydrogens (tertiary/aromatic N) is 1. The number of aromatic nitrogens is 1. The summed E-state index contributed by atoms with van der Waals surface area (Å²) in [7, 11) is 0. The zero-order chi connectivity index (χ0) is 10.8. The molecule has 0 bridgehead atoms. The van der Waals surface area contributed by atoms with Gasteiger partial charge in [-0.25, -0.2) is 4.39 Å². The van der Waals surface area contributed by atoms with E-state index in [0.29, 0.717) is 12.1 Å². The van der Waals surface area contributed by atoms with Gasteiger partial charge in [-0.15, -0.1) is 12.4 Å². The Morgan fingerprint density at radius 2 is 2.25 bits per heavy atom. The number of ether oxygens (including phenoxy) is 1. The first kappa shape index (κ1) is 12.7. The van der Waals surface area contributed by atoms with E-state index >= 15 is 0 Å². The van der Waals surface area contributed by atoms with Crippen LogP contribution in [0.4, 0.5) is 4.39 Å².